The number of aromatic nitrogens is 1. The molecule has 1 aromatic heterocycles. The molecule has 0 saturated heterocycles. The molecule has 0 spiro atoms. The molecule has 0 amide bonds. The van der Waals surface area contributed by atoms with Crippen molar-refractivity contribution in [2.45, 2.75) is 9.79 Å². The second kappa shape index (κ2) is 8.39. The summed E-state index contributed by atoms with van der Waals surface area (Å²) in [5, 5.41) is 1.39. The molecule has 0 aliphatic carbocycles. The Labute approximate surface area is 158 Å². The van der Waals surface area contributed by atoms with Gasteiger partial charge in [0.2, 0.25) is 9.84 Å². The zero-order chi connectivity index (χ0) is 15.0. The van der Waals surface area contributed by atoms with Gasteiger partial charge in [0.25, 0.3) is 0 Å². The molecule has 3 aromatic rings. The summed E-state index contributed by atoms with van der Waals surface area (Å²) in [6.07, 6.45) is 3.20. The van der Waals surface area contributed by atoms with Crippen LogP contribution in [0.3, 0.4) is 0 Å². The van der Waals surface area contributed by atoms with Crippen LogP contribution in [0.2, 0.25) is 0 Å². The lowest BCUT2D eigenvalue weighted by atomic mass is 10.2. The van der Waals surface area contributed by atoms with E-state index in [2.05, 4.69) is 4.98 Å². The average Bonchev–Trinajstić information content (AvgIpc) is 2.49. The average molecular weight is 409 g/mol. The van der Waals surface area contributed by atoms with E-state index in [0.717, 1.165) is 5.39 Å². The van der Waals surface area contributed by atoms with Gasteiger partial charge in [0.15, 0.2) is 0 Å². The van der Waals surface area contributed by atoms with E-state index in [1.165, 1.54) is 18.2 Å². The molecule has 130 valence electrons. The van der Waals surface area contributed by atoms with E-state index in [9.17, 15) is 8.42 Å². The van der Waals surface area contributed by atoms with Crippen molar-refractivity contribution < 1.29 is 8.42 Å². The number of nitrogen functional groups attached to an aromatic ring is 2. The number of fused-ring (bicyclic) bond motifs is 1. The normalized spacial score (nSPS) is 10.2. The first-order valence-electron chi connectivity index (χ1n) is 6.23. The molecule has 4 N–H and O–H groups in total. The predicted molar refractivity (Wildman–Crippen MR) is 104 cm³/mol. The van der Waals surface area contributed by atoms with E-state index in [1.54, 1.807) is 30.6 Å². The smallest absolute Gasteiger partial charge is 0.207 e. The molecule has 0 bridgehead atoms. The zero-order valence-electron chi connectivity index (χ0n) is 12.2. The van der Waals surface area contributed by atoms with Crippen LogP contribution in [0, 0.1) is 0 Å². The van der Waals surface area contributed by atoms with Crippen molar-refractivity contribution >= 4 is 69.2 Å². The van der Waals surface area contributed by atoms with Crippen LogP contribution < -0.4 is 11.5 Å². The van der Waals surface area contributed by atoms with Crippen LogP contribution in [0.5, 0.6) is 0 Å². The standard InChI is InChI=1S/C15H13N3O2S.3ClH/c16-13-5-4-11(8-14(13)17)21(19,20)15-3-1-2-10-9-18-7-6-12(10)15;;;/h1-9H,16-17H2;3*1H. The van der Waals surface area contributed by atoms with E-state index in [1.807, 2.05) is 6.07 Å². The Morgan fingerprint density at radius 1 is 0.875 bits per heavy atom. The van der Waals surface area contributed by atoms with E-state index in [0.29, 0.717) is 11.1 Å². The lowest BCUT2D eigenvalue weighted by Crippen LogP contribution is -2.05. The minimum absolute atomic E-state index is 0. The van der Waals surface area contributed by atoms with Crippen LogP contribution in [0.4, 0.5) is 11.4 Å². The first-order chi connectivity index (χ1) is 10.00. The third-order valence-corrected chi connectivity index (χ3v) is 5.11. The predicted octanol–water partition coefficient (Wildman–Crippen LogP) is 3.50. The molecule has 3 rings (SSSR count). The first-order valence-corrected chi connectivity index (χ1v) is 7.71. The molecule has 0 atom stereocenters. The largest absolute Gasteiger partial charge is 0.397 e. The van der Waals surface area contributed by atoms with Crippen molar-refractivity contribution in [3.63, 3.8) is 0 Å². The number of hydrogen-bond donors (Lipinski definition) is 2. The number of sulfone groups is 1. The van der Waals surface area contributed by atoms with Crippen molar-refractivity contribution in [3.8, 4) is 0 Å². The van der Waals surface area contributed by atoms with Crippen LogP contribution in [-0.4, -0.2) is 13.4 Å². The Morgan fingerprint density at radius 2 is 1.58 bits per heavy atom. The molecular formula is C15H16Cl3N3O2S. The van der Waals surface area contributed by atoms with Crippen LogP contribution in [0.15, 0.2) is 64.6 Å². The van der Waals surface area contributed by atoms with Gasteiger partial charge in [-0.15, -0.1) is 37.2 Å². The Kier molecular flexibility index (Phi) is 7.79. The summed E-state index contributed by atoms with van der Waals surface area (Å²) in [7, 11) is -3.67. The van der Waals surface area contributed by atoms with Gasteiger partial charge in [-0.3, -0.25) is 4.98 Å². The summed E-state index contributed by atoms with van der Waals surface area (Å²) < 4.78 is 25.6. The summed E-state index contributed by atoms with van der Waals surface area (Å²) in [4.78, 5) is 4.36. The molecule has 0 saturated carbocycles. The van der Waals surface area contributed by atoms with Crippen LogP contribution in [0.25, 0.3) is 10.8 Å². The van der Waals surface area contributed by atoms with Crippen LogP contribution in [-0.2, 0) is 9.84 Å². The van der Waals surface area contributed by atoms with Crippen molar-refractivity contribution in [1.29, 1.82) is 0 Å². The number of halogens is 3. The molecule has 1 heterocycles. The highest BCUT2D eigenvalue weighted by Crippen LogP contribution is 2.29. The van der Waals surface area contributed by atoms with Crippen molar-refractivity contribution in [2.24, 2.45) is 0 Å². The van der Waals surface area contributed by atoms with Gasteiger partial charge in [-0.2, -0.15) is 0 Å². The molecule has 9 heteroatoms. The van der Waals surface area contributed by atoms with Crippen molar-refractivity contribution in [1.82, 2.24) is 4.98 Å². The maximum absolute atomic E-state index is 12.8. The fraction of sp³-hybridized carbons (Fsp3) is 0. The zero-order valence-corrected chi connectivity index (χ0v) is 15.5. The topological polar surface area (TPSA) is 99.1 Å². The molecular weight excluding hydrogens is 393 g/mol. The minimum Gasteiger partial charge on any atom is -0.397 e. The monoisotopic (exact) mass is 407 g/mol. The minimum atomic E-state index is -3.67. The van der Waals surface area contributed by atoms with Gasteiger partial charge in [0, 0.05) is 23.2 Å². The second-order valence-electron chi connectivity index (χ2n) is 4.65. The fourth-order valence-corrected chi connectivity index (χ4v) is 3.69. The van der Waals surface area contributed by atoms with Gasteiger partial charge in [0.1, 0.15) is 0 Å². The third-order valence-electron chi connectivity index (χ3n) is 3.30. The fourth-order valence-electron chi connectivity index (χ4n) is 2.17. The number of nitrogens with zero attached hydrogens (tertiary/aromatic N) is 1. The second-order valence-corrected chi connectivity index (χ2v) is 6.57. The molecule has 0 fully saturated rings. The highest BCUT2D eigenvalue weighted by atomic mass is 35.5. The first kappa shape index (κ1) is 22.3. The van der Waals surface area contributed by atoms with Gasteiger partial charge < -0.3 is 11.5 Å². The number of pyridine rings is 1. The van der Waals surface area contributed by atoms with Crippen molar-refractivity contribution in [2.75, 3.05) is 11.5 Å². The molecule has 0 radical (unpaired) electrons. The third kappa shape index (κ3) is 3.84. The number of rotatable bonds is 2. The highest BCUT2D eigenvalue weighted by molar-refractivity contribution is 7.91. The summed E-state index contributed by atoms with van der Waals surface area (Å²) >= 11 is 0. The number of nitrogens with two attached hydrogens (primary N) is 2. The number of hydrogen-bond acceptors (Lipinski definition) is 5. The van der Waals surface area contributed by atoms with Gasteiger partial charge >= 0.3 is 0 Å². The molecule has 0 aliphatic heterocycles. The van der Waals surface area contributed by atoms with E-state index in [-0.39, 0.29) is 52.7 Å². The molecule has 0 aliphatic rings. The number of benzene rings is 2. The maximum Gasteiger partial charge on any atom is 0.207 e. The maximum atomic E-state index is 12.8. The number of anilines is 2. The van der Waals surface area contributed by atoms with Crippen LogP contribution >= 0.6 is 37.2 Å². The Morgan fingerprint density at radius 3 is 2.25 bits per heavy atom. The molecule has 2 aromatic carbocycles. The Balaban J connectivity index is 0.00000176. The SMILES string of the molecule is Cl.Cl.Cl.Nc1ccc(S(=O)(=O)c2cccc3cnccc23)cc1N. The Bertz CT molecular complexity index is 944. The van der Waals surface area contributed by atoms with E-state index >= 15 is 0 Å². The highest BCUT2D eigenvalue weighted by Gasteiger charge is 2.20. The lowest BCUT2D eigenvalue weighted by molar-refractivity contribution is 0.597. The summed E-state index contributed by atoms with van der Waals surface area (Å²) in [5.74, 6) is 0. The lowest BCUT2D eigenvalue weighted by Gasteiger charge is -2.09. The molecule has 5 nitrogen and oxygen atoms in total. The van der Waals surface area contributed by atoms with Gasteiger partial charge in [0.05, 0.1) is 21.2 Å². The molecule has 24 heavy (non-hydrogen) atoms. The molecule has 0 unspecified atom stereocenters. The quantitative estimate of drug-likeness (QED) is 0.632. The van der Waals surface area contributed by atoms with Gasteiger partial charge in [-0.1, -0.05) is 12.1 Å². The van der Waals surface area contributed by atoms with Crippen molar-refractivity contribution in [3.05, 3.63) is 54.9 Å². The van der Waals surface area contributed by atoms with Gasteiger partial charge in [-0.05, 0) is 30.3 Å². The van der Waals surface area contributed by atoms with Gasteiger partial charge in [-0.25, -0.2) is 8.42 Å². The van der Waals surface area contributed by atoms with E-state index < -0.39 is 9.84 Å². The van der Waals surface area contributed by atoms with Crippen LogP contribution in [0.1, 0.15) is 0 Å². The summed E-state index contributed by atoms with van der Waals surface area (Å²) in [5.41, 5.74) is 11.9. The van der Waals surface area contributed by atoms with E-state index in [4.69, 9.17) is 11.5 Å². The Hall–Kier alpha value is -1.73. The summed E-state index contributed by atoms with van der Waals surface area (Å²) in [6.45, 7) is 0. The summed E-state index contributed by atoms with van der Waals surface area (Å²) in [6, 6.07) is 11.1.